The van der Waals surface area contributed by atoms with E-state index in [2.05, 4.69) is 4.98 Å². The first-order chi connectivity index (χ1) is 18.5. The number of hydrogen-bond acceptors (Lipinski definition) is 6. The Morgan fingerprint density at radius 1 is 0.763 bits per heavy atom. The fourth-order valence-corrected chi connectivity index (χ4v) is 4.24. The Labute approximate surface area is 217 Å². The summed E-state index contributed by atoms with van der Waals surface area (Å²) in [6, 6.07) is 23.9. The fourth-order valence-electron chi connectivity index (χ4n) is 4.24. The minimum Gasteiger partial charge on any atom is -0.489 e. The van der Waals surface area contributed by atoms with E-state index in [1.165, 1.54) is 10.8 Å². The Hall–Kier alpha value is -4.76. The molecular formula is C29H25N3O6. The number of aromatic nitrogens is 2. The van der Waals surface area contributed by atoms with E-state index in [1.807, 2.05) is 54.6 Å². The maximum Gasteiger partial charge on any atom is 0.330 e. The molecule has 2 amide bonds. The second-order valence-corrected chi connectivity index (χ2v) is 8.83. The number of fused-ring (bicyclic) bond motifs is 1. The van der Waals surface area contributed by atoms with Gasteiger partial charge in [0.1, 0.15) is 19.1 Å². The van der Waals surface area contributed by atoms with Gasteiger partial charge < -0.3 is 9.47 Å². The molecule has 1 aliphatic heterocycles. The summed E-state index contributed by atoms with van der Waals surface area (Å²) in [4.78, 5) is 53.1. The van der Waals surface area contributed by atoms with Gasteiger partial charge in [0.25, 0.3) is 17.4 Å². The van der Waals surface area contributed by atoms with E-state index >= 15 is 0 Å². The molecule has 0 aliphatic carbocycles. The van der Waals surface area contributed by atoms with Crippen LogP contribution in [0, 0.1) is 0 Å². The summed E-state index contributed by atoms with van der Waals surface area (Å²) in [5, 5.41) is 0. The quantitative estimate of drug-likeness (QED) is 0.259. The zero-order chi connectivity index (χ0) is 26.5. The molecule has 0 spiro atoms. The third-order valence-corrected chi connectivity index (χ3v) is 6.19. The van der Waals surface area contributed by atoms with Gasteiger partial charge in [0.15, 0.2) is 0 Å². The van der Waals surface area contributed by atoms with E-state index in [0.717, 1.165) is 16.0 Å². The number of benzene rings is 3. The Kier molecular flexibility index (Phi) is 7.28. The van der Waals surface area contributed by atoms with Crippen molar-refractivity contribution in [3.63, 3.8) is 0 Å². The van der Waals surface area contributed by atoms with Crippen molar-refractivity contribution >= 4 is 11.8 Å². The third kappa shape index (κ3) is 5.47. The molecule has 9 nitrogen and oxygen atoms in total. The van der Waals surface area contributed by atoms with Crippen LogP contribution in [0.3, 0.4) is 0 Å². The fraction of sp³-hybridized carbons (Fsp3) is 0.172. The molecule has 1 aromatic heterocycles. The van der Waals surface area contributed by atoms with E-state index in [9.17, 15) is 19.2 Å². The number of carbonyl (C=O) groups is 2. The molecule has 0 radical (unpaired) electrons. The van der Waals surface area contributed by atoms with Crippen LogP contribution in [0.25, 0.3) is 0 Å². The van der Waals surface area contributed by atoms with Gasteiger partial charge in [-0.05, 0) is 35.4 Å². The van der Waals surface area contributed by atoms with Gasteiger partial charge in [-0.3, -0.25) is 28.8 Å². The Morgan fingerprint density at radius 3 is 2.18 bits per heavy atom. The highest BCUT2D eigenvalue weighted by atomic mass is 16.5. The molecule has 38 heavy (non-hydrogen) atoms. The largest absolute Gasteiger partial charge is 0.489 e. The molecule has 0 saturated heterocycles. The highest BCUT2D eigenvalue weighted by Gasteiger charge is 2.34. The highest BCUT2D eigenvalue weighted by Crippen LogP contribution is 2.22. The van der Waals surface area contributed by atoms with Crippen LogP contribution in [-0.2, 0) is 24.5 Å². The number of carbonyl (C=O) groups excluding carboxylic acids is 2. The van der Waals surface area contributed by atoms with Gasteiger partial charge in [-0.25, -0.2) is 4.79 Å². The summed E-state index contributed by atoms with van der Waals surface area (Å²) in [7, 11) is 0. The van der Waals surface area contributed by atoms with E-state index in [0.29, 0.717) is 29.0 Å². The van der Waals surface area contributed by atoms with E-state index < -0.39 is 11.2 Å². The third-order valence-electron chi connectivity index (χ3n) is 6.19. The van der Waals surface area contributed by atoms with Crippen LogP contribution in [0.15, 0.2) is 94.6 Å². The molecule has 3 aromatic carbocycles. The minimum absolute atomic E-state index is 0.0349. The monoisotopic (exact) mass is 511 g/mol. The number of nitrogens with zero attached hydrogens (tertiary/aromatic N) is 2. The molecule has 1 N–H and O–H groups in total. The van der Waals surface area contributed by atoms with Crippen molar-refractivity contribution in [2.24, 2.45) is 0 Å². The summed E-state index contributed by atoms with van der Waals surface area (Å²) in [5.41, 5.74) is 1.92. The van der Waals surface area contributed by atoms with Gasteiger partial charge in [0.2, 0.25) is 0 Å². The van der Waals surface area contributed by atoms with Crippen molar-refractivity contribution in [2.75, 3.05) is 13.2 Å². The summed E-state index contributed by atoms with van der Waals surface area (Å²) in [6.07, 6.45) is 1.74. The molecule has 0 unspecified atom stereocenters. The highest BCUT2D eigenvalue weighted by molar-refractivity contribution is 6.21. The van der Waals surface area contributed by atoms with E-state index in [1.54, 1.807) is 24.3 Å². The maximum atomic E-state index is 12.5. The average Bonchev–Trinajstić information content (AvgIpc) is 3.18. The second-order valence-electron chi connectivity index (χ2n) is 8.83. The minimum atomic E-state index is -0.612. The number of hydrogen-bond donors (Lipinski definition) is 1. The van der Waals surface area contributed by atoms with Gasteiger partial charge in [-0.2, -0.15) is 0 Å². The predicted molar refractivity (Wildman–Crippen MR) is 139 cm³/mol. The predicted octanol–water partition coefficient (Wildman–Crippen LogP) is 2.98. The van der Waals surface area contributed by atoms with E-state index in [4.69, 9.17) is 9.47 Å². The lowest BCUT2D eigenvalue weighted by atomic mass is 10.1. The maximum absolute atomic E-state index is 12.5. The first kappa shape index (κ1) is 24.9. The lowest BCUT2D eigenvalue weighted by molar-refractivity contribution is 0.0432. The van der Waals surface area contributed by atoms with Crippen LogP contribution in [0.2, 0.25) is 0 Å². The number of imide groups is 1. The second kappa shape index (κ2) is 11.1. The molecule has 0 atom stereocenters. The molecule has 4 aromatic rings. The first-order valence-corrected chi connectivity index (χ1v) is 12.1. The number of aromatic amines is 1. The van der Waals surface area contributed by atoms with Gasteiger partial charge in [0.05, 0.1) is 24.3 Å². The normalized spacial score (nSPS) is 12.6. The van der Waals surface area contributed by atoms with Crippen LogP contribution in [0.1, 0.15) is 37.4 Å². The number of amides is 2. The molecule has 192 valence electrons. The van der Waals surface area contributed by atoms with Crippen LogP contribution in [0.4, 0.5) is 0 Å². The molecular weight excluding hydrogens is 486 g/mol. The Balaban J connectivity index is 1.19. The summed E-state index contributed by atoms with van der Waals surface area (Å²) in [5.74, 6) is -0.0621. The smallest absolute Gasteiger partial charge is 0.330 e. The molecule has 9 heteroatoms. The Morgan fingerprint density at radius 2 is 1.45 bits per heavy atom. The number of nitrogens with one attached hydrogen (secondary N) is 1. The Bertz CT molecular complexity index is 1560. The molecule has 1 aliphatic rings. The van der Waals surface area contributed by atoms with Crippen molar-refractivity contribution in [3.05, 3.63) is 134 Å². The van der Waals surface area contributed by atoms with Gasteiger partial charge in [-0.15, -0.1) is 0 Å². The van der Waals surface area contributed by atoms with Crippen molar-refractivity contribution in [3.8, 4) is 5.75 Å². The van der Waals surface area contributed by atoms with Crippen molar-refractivity contribution in [1.82, 2.24) is 14.5 Å². The molecule has 0 fully saturated rings. The molecule has 0 bridgehead atoms. The van der Waals surface area contributed by atoms with Gasteiger partial charge in [-0.1, -0.05) is 54.6 Å². The van der Waals surface area contributed by atoms with Crippen molar-refractivity contribution in [2.45, 2.75) is 19.8 Å². The first-order valence-electron chi connectivity index (χ1n) is 12.1. The van der Waals surface area contributed by atoms with Crippen LogP contribution >= 0.6 is 0 Å². The summed E-state index contributed by atoms with van der Waals surface area (Å²) < 4.78 is 12.7. The number of rotatable bonds is 10. The summed E-state index contributed by atoms with van der Waals surface area (Å²) >= 11 is 0. The average molecular weight is 512 g/mol. The SMILES string of the molecule is O=C1c2ccccc2C(=O)N1CCOCn1cc(Cc2cccc(OCc3ccccc3)c2)c(=O)[nH]c1=O. The zero-order valence-corrected chi connectivity index (χ0v) is 20.5. The number of ether oxygens (including phenoxy) is 2. The van der Waals surface area contributed by atoms with Crippen LogP contribution in [0.5, 0.6) is 5.75 Å². The van der Waals surface area contributed by atoms with Crippen LogP contribution in [-0.4, -0.2) is 39.4 Å². The van der Waals surface area contributed by atoms with Gasteiger partial charge >= 0.3 is 5.69 Å². The zero-order valence-electron chi connectivity index (χ0n) is 20.5. The van der Waals surface area contributed by atoms with E-state index in [-0.39, 0.29) is 38.1 Å². The van der Waals surface area contributed by atoms with Crippen molar-refractivity contribution < 1.29 is 19.1 Å². The number of H-pyrrole nitrogens is 1. The van der Waals surface area contributed by atoms with Gasteiger partial charge in [0, 0.05) is 18.2 Å². The molecule has 0 saturated carbocycles. The molecule has 5 rings (SSSR count). The lowest BCUT2D eigenvalue weighted by Gasteiger charge is -2.14. The van der Waals surface area contributed by atoms with Crippen LogP contribution < -0.4 is 16.0 Å². The standard InChI is InChI=1S/C29H25N3O6/c33-26-22(15-21-9-6-10-23(16-21)38-18-20-7-2-1-3-8-20)17-31(29(36)30-26)19-37-14-13-32-27(34)24-11-4-5-12-25(24)28(32)35/h1-12,16-17H,13-15,18-19H2,(H,30,33,36). The molecule has 2 heterocycles. The topological polar surface area (TPSA) is 111 Å². The lowest BCUT2D eigenvalue weighted by Crippen LogP contribution is -2.35. The summed E-state index contributed by atoms with van der Waals surface area (Å²) in [6.45, 7) is 0.361. The van der Waals surface area contributed by atoms with Crippen molar-refractivity contribution in [1.29, 1.82) is 0 Å².